The molecule has 2 atom stereocenters. The average molecular weight is 269 g/mol. The third-order valence-corrected chi connectivity index (χ3v) is 4.01. The zero-order valence-electron chi connectivity index (χ0n) is 11.9. The molecule has 1 fully saturated rings. The summed E-state index contributed by atoms with van der Waals surface area (Å²) < 4.78 is 5.21. The Hall–Kier alpha value is -2.10. The molecule has 0 saturated carbocycles. The Morgan fingerprint density at radius 2 is 2.00 bits per heavy atom. The van der Waals surface area contributed by atoms with E-state index in [1.165, 1.54) is 5.56 Å². The van der Waals surface area contributed by atoms with E-state index in [1.807, 2.05) is 18.3 Å². The highest BCUT2D eigenvalue weighted by Crippen LogP contribution is 2.34. The Morgan fingerprint density at radius 1 is 1.20 bits per heavy atom. The van der Waals surface area contributed by atoms with E-state index in [4.69, 9.17) is 4.74 Å². The van der Waals surface area contributed by atoms with Crippen LogP contribution >= 0.6 is 0 Å². The lowest BCUT2D eigenvalue weighted by Crippen LogP contribution is -2.27. The molecule has 2 heterocycles. The first-order chi connectivity index (χ1) is 9.78. The van der Waals surface area contributed by atoms with Gasteiger partial charge in [-0.05, 0) is 31.0 Å². The topological polar surface area (TPSA) is 38.2 Å². The highest BCUT2D eigenvalue weighted by molar-refractivity contribution is 5.41. The lowest BCUT2D eigenvalue weighted by Gasteiger charge is -2.21. The summed E-state index contributed by atoms with van der Waals surface area (Å²) in [5.41, 5.74) is 1.36. The van der Waals surface area contributed by atoms with Crippen LogP contribution in [0.25, 0.3) is 0 Å². The van der Waals surface area contributed by atoms with Gasteiger partial charge in [-0.25, -0.2) is 4.98 Å². The molecule has 20 heavy (non-hydrogen) atoms. The van der Waals surface area contributed by atoms with Crippen LogP contribution < -0.4 is 9.64 Å². The van der Waals surface area contributed by atoms with Crippen molar-refractivity contribution in [1.82, 2.24) is 9.97 Å². The third kappa shape index (κ3) is 2.46. The second kappa shape index (κ2) is 5.49. The van der Waals surface area contributed by atoms with Crippen molar-refractivity contribution in [1.29, 1.82) is 0 Å². The van der Waals surface area contributed by atoms with Crippen LogP contribution in [-0.2, 0) is 0 Å². The van der Waals surface area contributed by atoms with E-state index in [0.29, 0.717) is 12.0 Å². The van der Waals surface area contributed by atoms with E-state index >= 15 is 0 Å². The van der Waals surface area contributed by atoms with Gasteiger partial charge >= 0.3 is 0 Å². The Bertz CT molecular complexity index is 556. The molecule has 0 amide bonds. The van der Waals surface area contributed by atoms with Gasteiger partial charge in [0.1, 0.15) is 11.6 Å². The van der Waals surface area contributed by atoms with Crippen LogP contribution in [-0.4, -0.2) is 29.7 Å². The van der Waals surface area contributed by atoms with Gasteiger partial charge in [-0.1, -0.05) is 12.1 Å². The quantitative estimate of drug-likeness (QED) is 0.858. The number of anilines is 1. The van der Waals surface area contributed by atoms with Gasteiger partial charge in [0.2, 0.25) is 0 Å². The van der Waals surface area contributed by atoms with Crippen LogP contribution in [0.3, 0.4) is 0 Å². The number of rotatable bonds is 3. The van der Waals surface area contributed by atoms with Gasteiger partial charge < -0.3 is 9.64 Å². The van der Waals surface area contributed by atoms with Gasteiger partial charge in [0.05, 0.1) is 13.3 Å². The first kappa shape index (κ1) is 12.9. The molecule has 2 aromatic rings. The van der Waals surface area contributed by atoms with E-state index in [9.17, 15) is 0 Å². The molecule has 1 aromatic heterocycles. The first-order valence-electron chi connectivity index (χ1n) is 6.94. The van der Waals surface area contributed by atoms with Crippen LogP contribution in [0.2, 0.25) is 0 Å². The van der Waals surface area contributed by atoms with Crippen LogP contribution in [0.15, 0.2) is 42.9 Å². The van der Waals surface area contributed by atoms with Crippen LogP contribution in [0, 0.1) is 0 Å². The van der Waals surface area contributed by atoms with E-state index in [2.05, 4.69) is 33.9 Å². The molecule has 0 aliphatic carbocycles. The van der Waals surface area contributed by atoms with E-state index in [-0.39, 0.29) is 0 Å². The monoisotopic (exact) mass is 269 g/mol. The lowest BCUT2D eigenvalue weighted by molar-refractivity contribution is 0.414. The SMILES string of the molecule is COc1ccc(C2CC(C)N(c3cnccn3)C2)cc1. The summed E-state index contributed by atoms with van der Waals surface area (Å²) in [6.45, 7) is 3.24. The normalized spacial score (nSPS) is 22.0. The van der Waals surface area contributed by atoms with Gasteiger partial charge in [0.25, 0.3) is 0 Å². The Balaban J connectivity index is 1.77. The zero-order chi connectivity index (χ0) is 13.9. The summed E-state index contributed by atoms with van der Waals surface area (Å²) in [5, 5.41) is 0. The highest BCUT2D eigenvalue weighted by Gasteiger charge is 2.30. The Labute approximate surface area is 119 Å². The number of ether oxygens (including phenoxy) is 1. The van der Waals surface area contributed by atoms with E-state index < -0.39 is 0 Å². The molecule has 3 rings (SSSR count). The zero-order valence-corrected chi connectivity index (χ0v) is 11.9. The van der Waals surface area contributed by atoms with Crippen molar-refractivity contribution in [2.24, 2.45) is 0 Å². The van der Waals surface area contributed by atoms with Gasteiger partial charge in [-0.15, -0.1) is 0 Å². The van der Waals surface area contributed by atoms with Crippen molar-refractivity contribution in [3.8, 4) is 5.75 Å². The minimum Gasteiger partial charge on any atom is -0.497 e. The number of nitrogens with zero attached hydrogens (tertiary/aromatic N) is 3. The maximum Gasteiger partial charge on any atom is 0.147 e. The first-order valence-corrected chi connectivity index (χ1v) is 6.94. The van der Waals surface area contributed by atoms with Gasteiger partial charge in [-0.2, -0.15) is 0 Å². The van der Waals surface area contributed by atoms with Crippen molar-refractivity contribution in [2.75, 3.05) is 18.6 Å². The molecule has 0 N–H and O–H groups in total. The van der Waals surface area contributed by atoms with Crippen molar-refractivity contribution < 1.29 is 4.74 Å². The van der Waals surface area contributed by atoms with Crippen molar-refractivity contribution >= 4 is 5.82 Å². The van der Waals surface area contributed by atoms with Crippen LogP contribution in [0.4, 0.5) is 5.82 Å². The summed E-state index contributed by atoms with van der Waals surface area (Å²) in [4.78, 5) is 10.9. The fourth-order valence-electron chi connectivity index (χ4n) is 2.91. The summed E-state index contributed by atoms with van der Waals surface area (Å²) >= 11 is 0. The fourth-order valence-corrected chi connectivity index (χ4v) is 2.91. The summed E-state index contributed by atoms with van der Waals surface area (Å²) in [5.74, 6) is 2.42. The second-order valence-corrected chi connectivity index (χ2v) is 5.27. The number of hydrogen-bond acceptors (Lipinski definition) is 4. The minimum absolute atomic E-state index is 0.485. The largest absolute Gasteiger partial charge is 0.497 e. The van der Waals surface area contributed by atoms with Gasteiger partial charge in [0, 0.05) is 30.9 Å². The maximum absolute atomic E-state index is 5.21. The number of methoxy groups -OCH3 is 1. The Morgan fingerprint density at radius 3 is 2.65 bits per heavy atom. The smallest absolute Gasteiger partial charge is 0.147 e. The molecule has 4 heteroatoms. The number of aromatic nitrogens is 2. The second-order valence-electron chi connectivity index (χ2n) is 5.27. The van der Waals surface area contributed by atoms with Crippen LogP contribution in [0.1, 0.15) is 24.8 Å². The molecule has 1 aromatic carbocycles. The van der Waals surface area contributed by atoms with Crippen LogP contribution in [0.5, 0.6) is 5.75 Å². The molecule has 1 aliphatic heterocycles. The average Bonchev–Trinajstić information content (AvgIpc) is 2.90. The molecule has 0 bridgehead atoms. The van der Waals surface area contributed by atoms with Crippen molar-refractivity contribution in [3.63, 3.8) is 0 Å². The molecule has 1 aliphatic rings. The fraction of sp³-hybridized carbons (Fsp3) is 0.375. The van der Waals surface area contributed by atoms with Crippen molar-refractivity contribution in [2.45, 2.75) is 25.3 Å². The van der Waals surface area contributed by atoms with Gasteiger partial charge in [-0.3, -0.25) is 4.98 Å². The number of benzene rings is 1. The van der Waals surface area contributed by atoms with E-state index in [1.54, 1.807) is 19.5 Å². The predicted molar refractivity (Wildman–Crippen MR) is 79.2 cm³/mol. The predicted octanol–water partition coefficient (Wildman–Crippen LogP) is 2.87. The molecule has 1 saturated heterocycles. The summed E-state index contributed by atoms with van der Waals surface area (Å²) in [7, 11) is 1.70. The summed E-state index contributed by atoms with van der Waals surface area (Å²) in [6.07, 6.45) is 6.45. The third-order valence-electron chi connectivity index (χ3n) is 4.01. The van der Waals surface area contributed by atoms with E-state index in [0.717, 1.165) is 24.5 Å². The maximum atomic E-state index is 5.21. The summed E-state index contributed by atoms with van der Waals surface area (Å²) in [6, 6.07) is 8.88. The molecule has 2 unspecified atom stereocenters. The van der Waals surface area contributed by atoms with Crippen molar-refractivity contribution in [3.05, 3.63) is 48.4 Å². The lowest BCUT2D eigenvalue weighted by atomic mass is 9.97. The Kier molecular flexibility index (Phi) is 3.54. The molecule has 104 valence electrons. The standard InChI is InChI=1S/C16H19N3O/c1-12-9-14(13-3-5-15(20-2)6-4-13)11-19(12)16-10-17-7-8-18-16/h3-8,10,12,14H,9,11H2,1-2H3. The molecule has 0 spiro atoms. The minimum atomic E-state index is 0.485. The van der Waals surface area contributed by atoms with Gasteiger partial charge in [0.15, 0.2) is 0 Å². The highest BCUT2D eigenvalue weighted by atomic mass is 16.5. The molecular weight excluding hydrogens is 250 g/mol. The number of hydrogen-bond donors (Lipinski definition) is 0. The molecular formula is C16H19N3O. The molecule has 0 radical (unpaired) electrons. The molecule has 4 nitrogen and oxygen atoms in total.